The van der Waals surface area contributed by atoms with Crippen LogP contribution in [0.1, 0.15) is 0 Å². The molecule has 0 fully saturated rings. The molecule has 0 aliphatic carbocycles. The van der Waals surface area contributed by atoms with Gasteiger partial charge in [-0.25, -0.2) is 0 Å². The van der Waals surface area contributed by atoms with Gasteiger partial charge in [0.15, 0.2) is 0 Å². The SMILES string of the molecule is [CH3-].[CH3-].[Cu].[NH-]C(=S)S. The maximum atomic E-state index is 6.18. The van der Waals surface area contributed by atoms with Gasteiger partial charge >= 0.3 is 0 Å². The quantitative estimate of drug-likeness (QED) is 0.266. The van der Waals surface area contributed by atoms with E-state index < -0.39 is 0 Å². The Balaban J connectivity index is -0.0000000150. The Morgan fingerprint density at radius 1 is 1.43 bits per heavy atom. The van der Waals surface area contributed by atoms with Crippen molar-refractivity contribution in [1.29, 1.82) is 0 Å². The van der Waals surface area contributed by atoms with Gasteiger partial charge in [0.05, 0.1) is 0 Å². The molecule has 51 valence electrons. The zero-order chi connectivity index (χ0) is 3.58. The molecule has 0 saturated heterocycles. The summed E-state index contributed by atoms with van der Waals surface area (Å²) in [6.45, 7) is 0. The third-order valence-corrected chi connectivity index (χ3v) is 0. The van der Waals surface area contributed by atoms with Crippen molar-refractivity contribution in [2.45, 2.75) is 0 Å². The summed E-state index contributed by atoms with van der Waals surface area (Å²) in [5.74, 6) is 0. The van der Waals surface area contributed by atoms with Gasteiger partial charge in [-0.1, -0.05) is 12.2 Å². The van der Waals surface area contributed by atoms with Crippen LogP contribution in [0, 0.1) is 14.9 Å². The van der Waals surface area contributed by atoms with Crippen molar-refractivity contribution < 1.29 is 17.1 Å². The molecule has 0 spiro atoms. The molecule has 0 aliphatic heterocycles. The van der Waals surface area contributed by atoms with E-state index in [-0.39, 0.29) is 36.2 Å². The van der Waals surface area contributed by atoms with Gasteiger partial charge in [0.25, 0.3) is 0 Å². The fourth-order valence-corrected chi connectivity index (χ4v) is 0. The number of hydrogen-bond donors (Lipinski definition) is 1. The Hall–Kier alpha value is 0.759. The van der Waals surface area contributed by atoms with E-state index in [2.05, 4.69) is 24.8 Å². The van der Waals surface area contributed by atoms with Crippen molar-refractivity contribution in [2.75, 3.05) is 0 Å². The van der Waals surface area contributed by atoms with E-state index in [1.165, 1.54) is 0 Å². The monoisotopic (exact) mass is 185 g/mol. The van der Waals surface area contributed by atoms with Crippen LogP contribution in [0.25, 0.3) is 5.73 Å². The standard InChI is InChI=1S/CH3NS2.2CH3.Cu/c2-1(3)4;;;/h(H3,2,3,4);2*1H3;/q;2*-1;/p-1. The number of nitrogens with one attached hydrogen (secondary N) is 1. The molecule has 0 amide bonds. The molecule has 0 aromatic rings. The van der Waals surface area contributed by atoms with Crippen LogP contribution < -0.4 is 0 Å². The van der Waals surface area contributed by atoms with E-state index in [4.69, 9.17) is 5.73 Å². The molecule has 0 unspecified atom stereocenters. The second-order valence-corrected chi connectivity index (χ2v) is 1.46. The zero-order valence-corrected chi connectivity index (χ0v) is 6.81. The molecule has 0 atom stereocenters. The summed E-state index contributed by atoms with van der Waals surface area (Å²) in [5, 5.41) is 0. The summed E-state index contributed by atoms with van der Waals surface area (Å²) in [7, 11) is 0. The summed E-state index contributed by atoms with van der Waals surface area (Å²) in [6.07, 6.45) is 0. The molecule has 0 saturated carbocycles. The van der Waals surface area contributed by atoms with Crippen LogP contribution in [0.3, 0.4) is 0 Å². The molecule has 0 aromatic heterocycles. The van der Waals surface area contributed by atoms with Gasteiger partial charge in [-0.15, -0.1) is 0 Å². The zero-order valence-electron chi connectivity index (χ0n) is 4.16. The molecule has 1 N–H and O–H groups in total. The van der Waals surface area contributed by atoms with Gasteiger partial charge in [0.2, 0.25) is 0 Å². The van der Waals surface area contributed by atoms with Crippen LogP contribution in [0.15, 0.2) is 0 Å². The van der Waals surface area contributed by atoms with Crippen molar-refractivity contribution in [1.82, 2.24) is 0 Å². The third-order valence-electron chi connectivity index (χ3n) is 0. The molecule has 0 heterocycles. The van der Waals surface area contributed by atoms with Gasteiger partial charge in [0.1, 0.15) is 0 Å². The van der Waals surface area contributed by atoms with E-state index in [9.17, 15) is 0 Å². The fourth-order valence-electron chi connectivity index (χ4n) is 0. The third kappa shape index (κ3) is 265. The summed E-state index contributed by atoms with van der Waals surface area (Å²) in [6, 6.07) is 0. The molecule has 1 nitrogen and oxygen atoms in total. The summed E-state index contributed by atoms with van der Waals surface area (Å²) in [4.78, 5) is 0. The predicted octanol–water partition coefficient (Wildman–Crippen LogP) is 2.15. The minimum atomic E-state index is -0.0556. The summed E-state index contributed by atoms with van der Waals surface area (Å²) >= 11 is 7.43. The van der Waals surface area contributed by atoms with Gasteiger partial charge < -0.3 is 20.6 Å². The van der Waals surface area contributed by atoms with Crippen LogP contribution in [-0.2, 0) is 17.1 Å². The maximum Gasteiger partial charge on any atom is 0 e. The molecular formula is C3H8CuNS2-3. The van der Waals surface area contributed by atoms with Crippen LogP contribution in [-0.4, -0.2) is 4.32 Å². The first kappa shape index (κ1) is 25.1. The number of hydrogen-bond acceptors (Lipinski definition) is 1. The van der Waals surface area contributed by atoms with Crippen LogP contribution in [0.4, 0.5) is 0 Å². The molecule has 7 heavy (non-hydrogen) atoms. The van der Waals surface area contributed by atoms with E-state index >= 15 is 0 Å². The average Bonchev–Trinajstić information content (AvgIpc) is 0.811. The molecule has 0 aliphatic rings. The van der Waals surface area contributed by atoms with Crippen LogP contribution in [0.5, 0.6) is 0 Å². The van der Waals surface area contributed by atoms with Gasteiger partial charge in [-0.2, -0.15) is 12.6 Å². The first-order valence-corrected chi connectivity index (χ1v) is 1.53. The summed E-state index contributed by atoms with van der Waals surface area (Å²) in [5.41, 5.74) is 6.18. The second-order valence-electron chi connectivity index (χ2n) is 0.305. The van der Waals surface area contributed by atoms with Crippen LogP contribution >= 0.6 is 24.8 Å². The average molecular weight is 186 g/mol. The van der Waals surface area contributed by atoms with Crippen LogP contribution in [0.2, 0.25) is 0 Å². The number of thiocarbonyl (C=S) groups is 1. The molecule has 4 heteroatoms. The van der Waals surface area contributed by atoms with Crippen molar-refractivity contribution in [2.24, 2.45) is 0 Å². The van der Waals surface area contributed by atoms with E-state index in [1.54, 1.807) is 0 Å². The Labute approximate surface area is 66.9 Å². The molecule has 0 bridgehead atoms. The first-order valence-electron chi connectivity index (χ1n) is 0.678. The largest absolute Gasteiger partial charge is 0.684 e. The fraction of sp³-hybridized carbons (Fsp3) is 0. The van der Waals surface area contributed by atoms with Crippen molar-refractivity contribution in [3.63, 3.8) is 0 Å². The van der Waals surface area contributed by atoms with Gasteiger partial charge in [-0.3, -0.25) is 0 Å². The first-order chi connectivity index (χ1) is 1.73. The number of rotatable bonds is 0. The normalized spacial score (nSPS) is 3.57. The smallest absolute Gasteiger partial charge is 0 e. The van der Waals surface area contributed by atoms with Gasteiger partial charge in [-0.05, 0) is 4.32 Å². The van der Waals surface area contributed by atoms with Crippen molar-refractivity contribution >= 4 is 29.2 Å². The minimum Gasteiger partial charge on any atom is -0.684 e. The Bertz CT molecular complexity index is 35.9. The maximum absolute atomic E-state index is 6.18. The molecular weight excluding hydrogens is 178 g/mol. The van der Waals surface area contributed by atoms with Gasteiger partial charge in [0, 0.05) is 17.1 Å². The Morgan fingerprint density at radius 3 is 1.43 bits per heavy atom. The second kappa shape index (κ2) is 15.9. The molecule has 0 aromatic carbocycles. The van der Waals surface area contributed by atoms with E-state index in [0.29, 0.717) is 0 Å². The van der Waals surface area contributed by atoms with Crippen molar-refractivity contribution in [3.05, 3.63) is 20.6 Å². The minimum absolute atomic E-state index is 0. The Morgan fingerprint density at radius 2 is 1.43 bits per heavy atom. The predicted molar refractivity (Wildman–Crippen MR) is 38.7 cm³/mol. The summed E-state index contributed by atoms with van der Waals surface area (Å²) < 4.78 is -0.0556. The topological polar surface area (TPSA) is 23.8 Å². The number of thiol groups is 1. The van der Waals surface area contributed by atoms with Crippen molar-refractivity contribution in [3.8, 4) is 0 Å². The van der Waals surface area contributed by atoms with E-state index in [1.807, 2.05) is 0 Å². The van der Waals surface area contributed by atoms with E-state index in [0.717, 1.165) is 0 Å². The Kier molecular flexibility index (Phi) is 56.8. The molecule has 1 radical (unpaired) electrons. The molecule has 0 rings (SSSR count).